The zero-order valence-corrected chi connectivity index (χ0v) is 13.5. The lowest BCUT2D eigenvalue weighted by Crippen LogP contribution is -2.33. The Hall–Kier alpha value is -2.81. The maximum Gasteiger partial charge on any atom is 0.305 e. The molecule has 0 radical (unpaired) electrons. The number of aromatic nitrogens is 2. The Morgan fingerprint density at radius 1 is 1.38 bits per heavy atom. The van der Waals surface area contributed by atoms with Crippen LogP contribution in [-0.4, -0.2) is 33.3 Å². The number of nitrogens with zero attached hydrogens (tertiary/aromatic N) is 2. The summed E-state index contributed by atoms with van der Waals surface area (Å²) >= 11 is 5.18. The van der Waals surface area contributed by atoms with E-state index in [1.807, 2.05) is 0 Å². The van der Waals surface area contributed by atoms with Gasteiger partial charge in [-0.15, -0.1) is 0 Å². The van der Waals surface area contributed by atoms with Crippen molar-refractivity contribution < 1.29 is 19.0 Å². The Morgan fingerprint density at radius 3 is 2.71 bits per heavy atom. The van der Waals surface area contributed by atoms with Crippen LogP contribution in [0.1, 0.15) is 18.0 Å². The molecule has 0 fully saturated rings. The van der Waals surface area contributed by atoms with Crippen molar-refractivity contribution in [1.29, 1.82) is 0 Å². The van der Waals surface area contributed by atoms with Crippen LogP contribution in [0.15, 0.2) is 36.7 Å². The molecular formula is C15H15FN4O3S. The molecule has 0 saturated heterocycles. The standard InChI is InChI=1S/C15H15FN4O3S/c1-23-13-7-12(17-8-18-13)20-15(24)19-11(6-14(21)22)9-2-4-10(16)5-3-9/h2-5,7-8,11H,6H2,1H3,(H,21,22)(H2,17,18,19,20,24). The van der Waals surface area contributed by atoms with E-state index in [2.05, 4.69) is 20.6 Å². The molecule has 0 aliphatic rings. The molecule has 0 spiro atoms. The molecule has 1 heterocycles. The lowest BCUT2D eigenvalue weighted by molar-refractivity contribution is -0.137. The van der Waals surface area contributed by atoms with E-state index in [-0.39, 0.29) is 11.5 Å². The lowest BCUT2D eigenvalue weighted by Gasteiger charge is -2.19. The van der Waals surface area contributed by atoms with E-state index < -0.39 is 17.8 Å². The van der Waals surface area contributed by atoms with E-state index in [9.17, 15) is 9.18 Å². The first kappa shape index (κ1) is 17.5. The molecule has 0 aliphatic carbocycles. The second-order valence-corrected chi connectivity index (χ2v) is 5.15. The Bertz CT molecular complexity index is 727. The number of hydrogen-bond donors (Lipinski definition) is 3. The van der Waals surface area contributed by atoms with E-state index in [1.165, 1.54) is 43.8 Å². The van der Waals surface area contributed by atoms with Crippen LogP contribution in [0.5, 0.6) is 5.88 Å². The molecule has 7 nitrogen and oxygen atoms in total. The van der Waals surface area contributed by atoms with Crippen molar-refractivity contribution in [2.75, 3.05) is 12.4 Å². The van der Waals surface area contributed by atoms with Crippen LogP contribution in [-0.2, 0) is 4.79 Å². The summed E-state index contributed by atoms with van der Waals surface area (Å²) in [6.45, 7) is 0. The Balaban J connectivity index is 2.08. The van der Waals surface area contributed by atoms with E-state index in [0.29, 0.717) is 17.3 Å². The average molecular weight is 350 g/mol. The van der Waals surface area contributed by atoms with Crippen LogP contribution in [0.4, 0.5) is 10.2 Å². The van der Waals surface area contributed by atoms with Gasteiger partial charge in [-0.2, -0.15) is 0 Å². The maximum atomic E-state index is 13.0. The summed E-state index contributed by atoms with van der Waals surface area (Å²) in [4.78, 5) is 18.9. The smallest absolute Gasteiger partial charge is 0.305 e. The van der Waals surface area contributed by atoms with Gasteiger partial charge in [-0.05, 0) is 29.9 Å². The average Bonchev–Trinajstić information content (AvgIpc) is 2.54. The fraction of sp³-hybridized carbons (Fsp3) is 0.200. The van der Waals surface area contributed by atoms with Gasteiger partial charge in [0.2, 0.25) is 5.88 Å². The highest BCUT2D eigenvalue weighted by Gasteiger charge is 2.17. The minimum atomic E-state index is -1.01. The van der Waals surface area contributed by atoms with Crippen molar-refractivity contribution in [3.63, 3.8) is 0 Å². The molecule has 24 heavy (non-hydrogen) atoms. The summed E-state index contributed by atoms with van der Waals surface area (Å²) in [5.74, 6) is -0.659. The normalized spacial score (nSPS) is 11.4. The minimum absolute atomic E-state index is 0.173. The van der Waals surface area contributed by atoms with E-state index in [0.717, 1.165) is 0 Å². The Kier molecular flexibility index (Phi) is 5.96. The molecule has 1 aromatic heterocycles. The molecule has 1 aromatic carbocycles. The third-order valence-corrected chi connectivity index (χ3v) is 3.27. The van der Waals surface area contributed by atoms with Crippen LogP contribution in [0.3, 0.4) is 0 Å². The summed E-state index contributed by atoms with van der Waals surface area (Å²) in [6, 6.07) is 6.46. The van der Waals surface area contributed by atoms with Gasteiger partial charge in [0.05, 0.1) is 19.6 Å². The van der Waals surface area contributed by atoms with Gasteiger partial charge in [0.1, 0.15) is 18.0 Å². The number of carboxylic acids is 1. The molecule has 126 valence electrons. The molecule has 2 aromatic rings. The number of hydrogen-bond acceptors (Lipinski definition) is 5. The summed E-state index contributed by atoms with van der Waals surface area (Å²) in [6.07, 6.45) is 1.08. The molecule has 2 rings (SSSR count). The molecular weight excluding hydrogens is 335 g/mol. The number of carboxylic acid groups (broad SMARTS) is 1. The van der Waals surface area contributed by atoms with E-state index in [4.69, 9.17) is 22.1 Å². The largest absolute Gasteiger partial charge is 0.481 e. The second-order valence-electron chi connectivity index (χ2n) is 4.75. The van der Waals surface area contributed by atoms with Gasteiger partial charge in [-0.25, -0.2) is 14.4 Å². The number of halogens is 1. The summed E-state index contributed by atoms with van der Waals surface area (Å²) in [7, 11) is 1.47. The van der Waals surface area contributed by atoms with Gasteiger partial charge in [-0.1, -0.05) is 12.1 Å². The van der Waals surface area contributed by atoms with E-state index in [1.54, 1.807) is 0 Å². The third kappa shape index (κ3) is 5.13. The predicted molar refractivity (Wildman–Crippen MR) is 89.3 cm³/mol. The molecule has 9 heteroatoms. The summed E-state index contributed by atoms with van der Waals surface area (Å²) in [5.41, 5.74) is 0.600. The number of rotatable bonds is 6. The fourth-order valence-corrected chi connectivity index (χ4v) is 2.20. The lowest BCUT2D eigenvalue weighted by atomic mass is 10.0. The fourth-order valence-electron chi connectivity index (χ4n) is 1.95. The molecule has 1 unspecified atom stereocenters. The monoisotopic (exact) mass is 350 g/mol. The SMILES string of the molecule is COc1cc(NC(=S)NC(CC(=O)O)c2ccc(F)cc2)ncn1. The van der Waals surface area contributed by atoms with Gasteiger partial charge in [0.15, 0.2) is 5.11 Å². The molecule has 0 amide bonds. The summed E-state index contributed by atoms with van der Waals surface area (Å²) < 4.78 is 18.0. The number of nitrogens with one attached hydrogen (secondary N) is 2. The zero-order chi connectivity index (χ0) is 17.5. The Labute approximate surface area is 142 Å². The topological polar surface area (TPSA) is 96.4 Å². The number of methoxy groups -OCH3 is 1. The zero-order valence-electron chi connectivity index (χ0n) is 12.7. The van der Waals surface area contributed by atoms with Crippen LogP contribution < -0.4 is 15.4 Å². The van der Waals surface area contributed by atoms with Crippen LogP contribution in [0.25, 0.3) is 0 Å². The predicted octanol–water partition coefficient (Wildman–Crippen LogP) is 2.13. The molecule has 3 N–H and O–H groups in total. The highest BCUT2D eigenvalue weighted by Crippen LogP contribution is 2.18. The molecule has 0 saturated carbocycles. The van der Waals surface area contributed by atoms with Gasteiger partial charge in [0, 0.05) is 6.07 Å². The minimum Gasteiger partial charge on any atom is -0.481 e. The molecule has 0 bridgehead atoms. The van der Waals surface area contributed by atoms with Crippen LogP contribution >= 0.6 is 12.2 Å². The maximum absolute atomic E-state index is 13.0. The number of carbonyl (C=O) groups is 1. The first-order valence-corrected chi connectivity index (χ1v) is 7.29. The van der Waals surface area contributed by atoms with Crippen LogP contribution in [0.2, 0.25) is 0 Å². The molecule has 0 aliphatic heterocycles. The number of anilines is 1. The first-order chi connectivity index (χ1) is 11.5. The second kappa shape index (κ2) is 8.16. The van der Waals surface area contributed by atoms with Crippen molar-refractivity contribution in [1.82, 2.24) is 15.3 Å². The van der Waals surface area contributed by atoms with Gasteiger partial charge >= 0.3 is 5.97 Å². The van der Waals surface area contributed by atoms with Crippen molar-refractivity contribution in [2.45, 2.75) is 12.5 Å². The van der Waals surface area contributed by atoms with Crippen molar-refractivity contribution >= 4 is 29.1 Å². The van der Waals surface area contributed by atoms with Crippen LogP contribution in [0, 0.1) is 5.82 Å². The first-order valence-electron chi connectivity index (χ1n) is 6.88. The van der Waals surface area contributed by atoms with Gasteiger partial charge in [0.25, 0.3) is 0 Å². The number of ether oxygens (including phenoxy) is 1. The van der Waals surface area contributed by atoms with Gasteiger partial charge < -0.3 is 20.5 Å². The van der Waals surface area contributed by atoms with Crippen molar-refractivity contribution in [2.24, 2.45) is 0 Å². The third-order valence-electron chi connectivity index (χ3n) is 3.05. The highest BCUT2D eigenvalue weighted by molar-refractivity contribution is 7.80. The van der Waals surface area contributed by atoms with Gasteiger partial charge in [-0.3, -0.25) is 4.79 Å². The highest BCUT2D eigenvalue weighted by atomic mass is 32.1. The molecule has 1 atom stereocenters. The summed E-state index contributed by atoms with van der Waals surface area (Å²) in [5, 5.41) is 14.9. The quantitative estimate of drug-likeness (QED) is 0.682. The number of aliphatic carboxylic acids is 1. The number of thiocarbonyl (C=S) groups is 1. The Morgan fingerprint density at radius 2 is 2.08 bits per heavy atom. The number of benzene rings is 1. The van der Waals surface area contributed by atoms with E-state index >= 15 is 0 Å². The van der Waals surface area contributed by atoms with Crippen molar-refractivity contribution in [3.8, 4) is 5.88 Å². The van der Waals surface area contributed by atoms with Crippen molar-refractivity contribution in [3.05, 3.63) is 48.0 Å².